The van der Waals surface area contributed by atoms with E-state index in [4.69, 9.17) is 0 Å². The quantitative estimate of drug-likeness (QED) is 0.910. The lowest BCUT2D eigenvalue weighted by molar-refractivity contribution is -0.117. The molecular weight excluding hydrogens is 316 g/mol. The Bertz CT molecular complexity index is 809. The molecule has 2 amide bonds. The van der Waals surface area contributed by atoms with E-state index in [1.54, 1.807) is 23.2 Å². The normalized spacial score (nSPS) is 18.4. The Labute approximate surface area is 146 Å². The highest BCUT2D eigenvalue weighted by Gasteiger charge is 2.31. The van der Waals surface area contributed by atoms with Crippen molar-refractivity contribution in [1.29, 1.82) is 0 Å². The van der Waals surface area contributed by atoms with Crippen LogP contribution in [-0.2, 0) is 4.79 Å². The highest BCUT2D eigenvalue weighted by atomic mass is 16.2. The Kier molecular flexibility index (Phi) is 4.03. The molecule has 1 N–H and O–H groups in total. The van der Waals surface area contributed by atoms with Crippen molar-refractivity contribution >= 4 is 23.3 Å². The predicted molar refractivity (Wildman–Crippen MR) is 95.6 cm³/mol. The summed E-state index contributed by atoms with van der Waals surface area (Å²) in [7, 11) is 0. The molecule has 1 saturated carbocycles. The number of nitrogens with zero attached hydrogens (tertiary/aromatic N) is 3. The van der Waals surface area contributed by atoms with Gasteiger partial charge in [0.15, 0.2) is 0 Å². The zero-order valence-corrected chi connectivity index (χ0v) is 14.3. The molecule has 6 nitrogen and oxygen atoms in total. The fourth-order valence-corrected chi connectivity index (χ4v) is 3.44. The molecule has 1 aliphatic heterocycles. The third kappa shape index (κ3) is 3.16. The van der Waals surface area contributed by atoms with Crippen LogP contribution < -0.4 is 10.2 Å². The molecule has 2 fully saturated rings. The Morgan fingerprint density at radius 1 is 1.32 bits per heavy atom. The average Bonchev–Trinajstić information content (AvgIpc) is 3.23. The van der Waals surface area contributed by atoms with Crippen LogP contribution in [0.1, 0.15) is 49.0 Å². The smallest absolute Gasteiger partial charge is 0.256 e. The lowest BCUT2D eigenvalue weighted by atomic mass is 10.1. The van der Waals surface area contributed by atoms with Gasteiger partial charge in [-0.2, -0.15) is 5.10 Å². The third-order valence-electron chi connectivity index (χ3n) is 5.10. The van der Waals surface area contributed by atoms with Gasteiger partial charge in [0, 0.05) is 30.3 Å². The highest BCUT2D eigenvalue weighted by Crippen LogP contribution is 2.40. The van der Waals surface area contributed by atoms with Crippen molar-refractivity contribution < 1.29 is 9.59 Å². The van der Waals surface area contributed by atoms with E-state index >= 15 is 0 Å². The molecular formula is C19H22N4O2. The van der Waals surface area contributed by atoms with Gasteiger partial charge < -0.3 is 10.2 Å². The molecule has 4 rings (SSSR count). The molecule has 1 aromatic heterocycles. The molecule has 1 saturated heterocycles. The van der Waals surface area contributed by atoms with Gasteiger partial charge in [-0.25, -0.2) is 4.68 Å². The van der Waals surface area contributed by atoms with E-state index in [-0.39, 0.29) is 11.8 Å². The first-order valence-corrected chi connectivity index (χ1v) is 8.89. The molecule has 2 aromatic rings. The largest absolute Gasteiger partial charge is 0.312 e. The summed E-state index contributed by atoms with van der Waals surface area (Å²) < 4.78 is 1.89. The van der Waals surface area contributed by atoms with Gasteiger partial charge in [0.05, 0.1) is 12.2 Å². The van der Waals surface area contributed by atoms with Crippen molar-refractivity contribution in [1.82, 2.24) is 9.78 Å². The van der Waals surface area contributed by atoms with E-state index in [0.717, 1.165) is 18.7 Å². The molecule has 1 aliphatic carbocycles. The maximum atomic E-state index is 12.7. The van der Waals surface area contributed by atoms with E-state index < -0.39 is 0 Å². The lowest BCUT2D eigenvalue weighted by Gasteiger charge is -2.17. The third-order valence-corrected chi connectivity index (χ3v) is 5.10. The molecule has 0 radical (unpaired) electrons. The number of rotatable bonds is 5. The van der Waals surface area contributed by atoms with Crippen LogP contribution in [0.25, 0.3) is 0 Å². The first-order valence-electron chi connectivity index (χ1n) is 8.89. The number of hydrogen-bond donors (Lipinski definition) is 1. The van der Waals surface area contributed by atoms with E-state index in [1.165, 1.54) is 12.8 Å². The maximum Gasteiger partial charge on any atom is 0.256 e. The topological polar surface area (TPSA) is 67.2 Å². The Morgan fingerprint density at radius 3 is 2.88 bits per heavy atom. The van der Waals surface area contributed by atoms with Gasteiger partial charge in [-0.3, -0.25) is 9.59 Å². The molecule has 6 heteroatoms. The van der Waals surface area contributed by atoms with E-state index in [2.05, 4.69) is 17.3 Å². The van der Waals surface area contributed by atoms with Crippen molar-refractivity contribution in [2.45, 2.75) is 38.6 Å². The van der Waals surface area contributed by atoms with Crippen LogP contribution in [0.5, 0.6) is 0 Å². The second-order valence-corrected chi connectivity index (χ2v) is 6.89. The second-order valence-electron chi connectivity index (χ2n) is 6.89. The Hall–Kier alpha value is -2.63. The zero-order valence-electron chi connectivity index (χ0n) is 14.3. The molecule has 2 heterocycles. The van der Waals surface area contributed by atoms with Crippen molar-refractivity contribution in [3.63, 3.8) is 0 Å². The number of anilines is 2. The summed E-state index contributed by atoms with van der Waals surface area (Å²) in [5.41, 5.74) is 1.33. The van der Waals surface area contributed by atoms with Gasteiger partial charge in [0.25, 0.3) is 5.91 Å². The molecule has 2 aliphatic rings. The summed E-state index contributed by atoms with van der Waals surface area (Å²) in [6.45, 7) is 2.86. The summed E-state index contributed by atoms with van der Waals surface area (Å²) in [4.78, 5) is 26.3. The molecule has 0 bridgehead atoms. The molecule has 1 atom stereocenters. The summed E-state index contributed by atoms with van der Waals surface area (Å²) >= 11 is 0. The van der Waals surface area contributed by atoms with Crippen LogP contribution in [-0.4, -0.2) is 28.1 Å². The first kappa shape index (κ1) is 15.9. The van der Waals surface area contributed by atoms with Crippen LogP contribution in [0.3, 0.4) is 0 Å². The number of hydrogen-bond acceptors (Lipinski definition) is 3. The van der Waals surface area contributed by atoms with Gasteiger partial charge in [0.2, 0.25) is 5.91 Å². The second kappa shape index (κ2) is 6.35. The SMILES string of the molecule is CC(C1CC1)n1nccc1NC(=O)c1cccc(N2CCCC2=O)c1. The summed E-state index contributed by atoms with van der Waals surface area (Å²) in [5.74, 6) is 1.30. The standard InChI is InChI=1S/C19H22N4O2/c1-13(14-7-8-14)23-17(9-10-20-23)21-19(25)15-4-2-5-16(12-15)22-11-3-6-18(22)24/h2,4-5,9-10,12-14H,3,6-8,11H2,1H3,(H,21,25). The molecule has 0 spiro atoms. The van der Waals surface area contributed by atoms with Crippen LogP contribution in [0.2, 0.25) is 0 Å². The lowest BCUT2D eigenvalue weighted by Crippen LogP contribution is -2.24. The van der Waals surface area contributed by atoms with Crippen LogP contribution in [0, 0.1) is 5.92 Å². The predicted octanol–water partition coefficient (Wildman–Crippen LogP) is 3.23. The minimum atomic E-state index is -0.182. The van der Waals surface area contributed by atoms with Crippen LogP contribution >= 0.6 is 0 Å². The van der Waals surface area contributed by atoms with Gasteiger partial charge in [-0.1, -0.05) is 6.07 Å². The van der Waals surface area contributed by atoms with Gasteiger partial charge in [0.1, 0.15) is 5.82 Å². The maximum absolute atomic E-state index is 12.7. The number of benzene rings is 1. The van der Waals surface area contributed by atoms with Crippen molar-refractivity contribution in [2.24, 2.45) is 5.92 Å². The minimum Gasteiger partial charge on any atom is -0.312 e. The monoisotopic (exact) mass is 338 g/mol. The van der Waals surface area contributed by atoms with Gasteiger partial charge in [-0.05, 0) is 50.3 Å². The van der Waals surface area contributed by atoms with Crippen LogP contribution in [0.15, 0.2) is 36.5 Å². The first-order chi connectivity index (χ1) is 12.1. The Balaban J connectivity index is 1.52. The number of amides is 2. The fourth-order valence-electron chi connectivity index (χ4n) is 3.44. The van der Waals surface area contributed by atoms with Crippen molar-refractivity contribution in [2.75, 3.05) is 16.8 Å². The summed E-state index contributed by atoms with van der Waals surface area (Å²) in [5, 5.41) is 7.32. The minimum absolute atomic E-state index is 0.119. The molecule has 130 valence electrons. The van der Waals surface area contributed by atoms with E-state index in [1.807, 2.05) is 22.9 Å². The molecule has 1 unspecified atom stereocenters. The molecule has 25 heavy (non-hydrogen) atoms. The van der Waals surface area contributed by atoms with Crippen molar-refractivity contribution in [3.8, 4) is 0 Å². The summed E-state index contributed by atoms with van der Waals surface area (Å²) in [6, 6.07) is 9.36. The fraction of sp³-hybridized carbons (Fsp3) is 0.421. The number of carbonyl (C=O) groups is 2. The zero-order chi connectivity index (χ0) is 17.4. The average molecular weight is 338 g/mol. The summed E-state index contributed by atoms with van der Waals surface area (Å²) in [6.07, 6.45) is 5.61. The van der Waals surface area contributed by atoms with Crippen molar-refractivity contribution in [3.05, 3.63) is 42.1 Å². The number of nitrogens with one attached hydrogen (secondary N) is 1. The number of carbonyl (C=O) groups excluding carboxylic acids is 2. The number of aromatic nitrogens is 2. The van der Waals surface area contributed by atoms with Crippen LogP contribution in [0.4, 0.5) is 11.5 Å². The highest BCUT2D eigenvalue weighted by molar-refractivity contribution is 6.05. The van der Waals surface area contributed by atoms with Gasteiger partial charge >= 0.3 is 0 Å². The van der Waals surface area contributed by atoms with E-state index in [0.29, 0.717) is 29.8 Å². The van der Waals surface area contributed by atoms with E-state index in [9.17, 15) is 9.59 Å². The molecule has 1 aromatic carbocycles. The Morgan fingerprint density at radius 2 is 2.16 bits per heavy atom. The van der Waals surface area contributed by atoms with Gasteiger partial charge in [-0.15, -0.1) is 0 Å².